The molecule has 12 nitrogen and oxygen atoms in total. The second kappa shape index (κ2) is 13.8. The van der Waals surface area contributed by atoms with Crippen molar-refractivity contribution in [2.75, 3.05) is 13.1 Å². The number of amides is 3. The van der Waals surface area contributed by atoms with Crippen LogP contribution in [0.2, 0.25) is 0 Å². The Balaban J connectivity index is 1.43. The van der Waals surface area contributed by atoms with Gasteiger partial charge in [0, 0.05) is 31.3 Å². The molecule has 236 valence electrons. The summed E-state index contributed by atoms with van der Waals surface area (Å²) in [4.78, 5) is 60.0. The molecule has 0 unspecified atom stereocenters. The molecule has 2 N–H and O–H groups in total. The minimum absolute atomic E-state index is 0.0379. The number of hydrogen-bond donors (Lipinski definition) is 2. The number of nitrogens with zero attached hydrogens (tertiary/aromatic N) is 6. The summed E-state index contributed by atoms with van der Waals surface area (Å²) < 4.78 is 2.95. The minimum atomic E-state index is -0.798. The Morgan fingerprint density at radius 2 is 1.62 bits per heavy atom. The van der Waals surface area contributed by atoms with Gasteiger partial charge in [-0.3, -0.25) is 19.2 Å². The van der Waals surface area contributed by atoms with Gasteiger partial charge in [-0.1, -0.05) is 62.4 Å². The predicted octanol–water partition coefficient (Wildman–Crippen LogP) is 2.47. The molecule has 0 spiro atoms. The lowest BCUT2D eigenvalue weighted by molar-refractivity contribution is -0.133. The van der Waals surface area contributed by atoms with Crippen molar-refractivity contribution >= 4 is 28.5 Å². The highest BCUT2D eigenvalue weighted by Crippen LogP contribution is 2.21. The van der Waals surface area contributed by atoms with Crippen LogP contribution in [0.1, 0.15) is 55.6 Å². The van der Waals surface area contributed by atoms with E-state index in [2.05, 4.69) is 25.8 Å². The van der Waals surface area contributed by atoms with Gasteiger partial charge in [0.2, 0.25) is 17.7 Å². The SMILES string of the molecule is Cc1nc2n(n1)CCN(C(=O)Cn1nc(C)c3ccccc3c1=O)CCCC(=O)N[C@@H](Cc1ccccc1)C(=O)N[C@@H]2C(C)C. The van der Waals surface area contributed by atoms with E-state index in [4.69, 9.17) is 0 Å². The lowest BCUT2D eigenvalue weighted by Crippen LogP contribution is -2.50. The first-order valence-electron chi connectivity index (χ1n) is 15.4. The molecule has 2 atom stereocenters. The summed E-state index contributed by atoms with van der Waals surface area (Å²) in [6.45, 7) is 8.20. The summed E-state index contributed by atoms with van der Waals surface area (Å²) >= 11 is 0. The number of carbonyl (C=O) groups is 3. The zero-order chi connectivity index (χ0) is 32.1. The molecule has 2 aromatic heterocycles. The molecule has 0 fully saturated rings. The average molecular weight is 613 g/mol. The van der Waals surface area contributed by atoms with E-state index < -0.39 is 12.1 Å². The van der Waals surface area contributed by atoms with Crippen molar-refractivity contribution in [3.63, 3.8) is 0 Å². The third-order valence-electron chi connectivity index (χ3n) is 8.09. The first-order valence-corrected chi connectivity index (χ1v) is 15.4. The van der Waals surface area contributed by atoms with Crippen molar-refractivity contribution in [1.82, 2.24) is 40.1 Å². The Labute approximate surface area is 261 Å². The summed E-state index contributed by atoms with van der Waals surface area (Å²) in [5.41, 5.74) is 1.24. The van der Waals surface area contributed by atoms with Gasteiger partial charge in [-0.25, -0.2) is 14.3 Å². The van der Waals surface area contributed by atoms with Crippen molar-refractivity contribution in [2.45, 2.75) is 72.1 Å². The van der Waals surface area contributed by atoms with E-state index in [-0.39, 0.29) is 55.3 Å². The van der Waals surface area contributed by atoms with Gasteiger partial charge in [-0.05, 0) is 37.8 Å². The predicted molar refractivity (Wildman–Crippen MR) is 169 cm³/mol. The van der Waals surface area contributed by atoms with Gasteiger partial charge >= 0.3 is 0 Å². The van der Waals surface area contributed by atoms with E-state index in [1.54, 1.807) is 28.6 Å². The number of benzene rings is 2. The molecule has 0 saturated heterocycles. The molecule has 12 heteroatoms. The van der Waals surface area contributed by atoms with E-state index >= 15 is 0 Å². The summed E-state index contributed by atoms with van der Waals surface area (Å²) in [6, 6.07) is 15.5. The first-order chi connectivity index (χ1) is 21.6. The molecule has 2 aromatic carbocycles. The number of hydrogen-bond acceptors (Lipinski definition) is 7. The van der Waals surface area contributed by atoms with Crippen LogP contribution in [0.5, 0.6) is 0 Å². The van der Waals surface area contributed by atoms with Gasteiger partial charge in [-0.2, -0.15) is 10.2 Å². The quantitative estimate of drug-likeness (QED) is 0.352. The van der Waals surface area contributed by atoms with Gasteiger partial charge < -0.3 is 15.5 Å². The fourth-order valence-corrected chi connectivity index (χ4v) is 5.72. The normalized spacial score (nSPS) is 18.3. The van der Waals surface area contributed by atoms with Crippen molar-refractivity contribution in [1.29, 1.82) is 0 Å². The molecule has 5 rings (SSSR count). The Kier molecular flexibility index (Phi) is 9.70. The molecule has 45 heavy (non-hydrogen) atoms. The smallest absolute Gasteiger partial charge is 0.275 e. The molecule has 1 aliphatic heterocycles. The van der Waals surface area contributed by atoms with E-state index in [9.17, 15) is 19.2 Å². The van der Waals surface area contributed by atoms with Crippen molar-refractivity contribution in [2.24, 2.45) is 5.92 Å². The van der Waals surface area contributed by atoms with Crippen LogP contribution in [-0.2, 0) is 33.9 Å². The second-order valence-electron chi connectivity index (χ2n) is 11.9. The van der Waals surface area contributed by atoms with E-state index in [1.807, 2.05) is 63.2 Å². The van der Waals surface area contributed by atoms with Crippen molar-refractivity contribution in [3.05, 3.63) is 87.9 Å². The van der Waals surface area contributed by atoms with Gasteiger partial charge in [0.05, 0.1) is 23.7 Å². The van der Waals surface area contributed by atoms with E-state index in [0.29, 0.717) is 42.1 Å². The number of carbonyl (C=O) groups excluding carboxylic acids is 3. The number of fused-ring (bicyclic) bond motifs is 2. The molecule has 3 amide bonds. The fourth-order valence-electron chi connectivity index (χ4n) is 5.72. The average Bonchev–Trinajstić information content (AvgIpc) is 3.39. The van der Waals surface area contributed by atoms with Crippen LogP contribution in [0.3, 0.4) is 0 Å². The first kappa shape index (κ1) is 31.6. The van der Waals surface area contributed by atoms with Crippen molar-refractivity contribution < 1.29 is 14.4 Å². The van der Waals surface area contributed by atoms with Crippen LogP contribution in [0.15, 0.2) is 59.4 Å². The van der Waals surface area contributed by atoms with Crippen LogP contribution in [0.4, 0.5) is 0 Å². The lowest BCUT2D eigenvalue weighted by atomic mass is 10.0. The molecule has 0 bridgehead atoms. The molecular weight excluding hydrogens is 572 g/mol. The Hall–Kier alpha value is -4.87. The zero-order valence-corrected chi connectivity index (χ0v) is 26.2. The summed E-state index contributed by atoms with van der Waals surface area (Å²) in [6.07, 6.45) is 0.817. The maximum Gasteiger partial charge on any atom is 0.275 e. The number of rotatable bonds is 5. The number of aromatic nitrogens is 5. The topological polar surface area (TPSA) is 144 Å². The largest absolute Gasteiger partial charge is 0.344 e. The summed E-state index contributed by atoms with van der Waals surface area (Å²) in [7, 11) is 0. The molecule has 0 saturated carbocycles. The third kappa shape index (κ3) is 7.44. The maximum atomic E-state index is 13.7. The van der Waals surface area contributed by atoms with E-state index in [0.717, 1.165) is 10.9 Å². The van der Waals surface area contributed by atoms with Crippen LogP contribution in [-0.4, -0.2) is 66.3 Å². The van der Waals surface area contributed by atoms with Gasteiger partial charge in [0.15, 0.2) is 0 Å². The molecule has 0 aliphatic carbocycles. The van der Waals surface area contributed by atoms with Gasteiger partial charge in [0.25, 0.3) is 5.56 Å². The number of nitrogens with one attached hydrogen (secondary N) is 2. The highest BCUT2D eigenvalue weighted by Gasteiger charge is 2.30. The standard InChI is InChI=1S/C33H40N8O4/c1-21(2)30-31-34-23(4)38-40(31)18-17-39(29(43)20-41-33(45)26-14-9-8-13-25(26)22(3)37-41)16-10-15-28(42)35-27(32(44)36-30)19-24-11-6-5-7-12-24/h5-9,11-14,21,27,30H,10,15-20H2,1-4H3,(H,35,42)(H,36,44)/t27-,30+/m0/s1. The Morgan fingerprint density at radius 3 is 2.36 bits per heavy atom. The highest BCUT2D eigenvalue weighted by molar-refractivity contribution is 5.88. The Morgan fingerprint density at radius 1 is 0.911 bits per heavy atom. The van der Waals surface area contributed by atoms with Crippen LogP contribution >= 0.6 is 0 Å². The molecule has 3 heterocycles. The Bertz CT molecular complexity index is 1750. The molecule has 1 aliphatic rings. The minimum Gasteiger partial charge on any atom is -0.344 e. The zero-order valence-electron chi connectivity index (χ0n) is 26.2. The van der Waals surface area contributed by atoms with Gasteiger partial charge in [-0.15, -0.1) is 0 Å². The molecule has 0 radical (unpaired) electrons. The number of aryl methyl sites for hydroxylation is 2. The van der Waals surface area contributed by atoms with Crippen molar-refractivity contribution in [3.8, 4) is 0 Å². The van der Waals surface area contributed by atoms with Crippen LogP contribution in [0, 0.1) is 19.8 Å². The van der Waals surface area contributed by atoms with Crippen LogP contribution < -0.4 is 16.2 Å². The molecule has 4 aromatic rings. The lowest BCUT2D eigenvalue weighted by Gasteiger charge is -2.28. The monoisotopic (exact) mass is 612 g/mol. The maximum absolute atomic E-state index is 13.7. The highest BCUT2D eigenvalue weighted by atomic mass is 16.2. The van der Waals surface area contributed by atoms with Gasteiger partial charge in [0.1, 0.15) is 24.2 Å². The fraction of sp³-hybridized carbons (Fsp3) is 0.424. The third-order valence-corrected chi connectivity index (χ3v) is 8.09. The van der Waals surface area contributed by atoms with E-state index in [1.165, 1.54) is 4.68 Å². The van der Waals surface area contributed by atoms with Crippen LogP contribution in [0.25, 0.3) is 10.8 Å². The summed E-state index contributed by atoms with van der Waals surface area (Å²) in [5.74, 6) is 0.219. The second-order valence-corrected chi connectivity index (χ2v) is 11.9. The molecular formula is C33H40N8O4. The summed E-state index contributed by atoms with van der Waals surface area (Å²) in [5, 5.41) is 16.3.